The van der Waals surface area contributed by atoms with Gasteiger partial charge in [-0.2, -0.15) is 0 Å². The zero-order valence-corrected chi connectivity index (χ0v) is 13.9. The molecule has 0 spiro atoms. The minimum absolute atomic E-state index is 1.11. The van der Waals surface area contributed by atoms with E-state index >= 15 is 0 Å². The van der Waals surface area contributed by atoms with Gasteiger partial charge >= 0.3 is 0 Å². The van der Waals surface area contributed by atoms with Gasteiger partial charge in [0, 0.05) is 33.2 Å². The van der Waals surface area contributed by atoms with Crippen molar-refractivity contribution in [1.82, 2.24) is 14.9 Å². The first-order chi connectivity index (χ1) is 8.11. The third kappa shape index (κ3) is 15.9. The molecule has 0 unspecified atom stereocenters. The summed E-state index contributed by atoms with van der Waals surface area (Å²) in [6, 6.07) is 0. The molecule has 0 amide bonds. The van der Waals surface area contributed by atoms with E-state index in [1.165, 1.54) is 13.0 Å². The Balaban J connectivity index is -0.000000439. The molecule has 0 atom stereocenters. The largest absolute Gasteiger partial charge is 0.308 e. The van der Waals surface area contributed by atoms with Crippen LogP contribution in [0.5, 0.6) is 0 Å². The van der Waals surface area contributed by atoms with Crippen molar-refractivity contribution in [1.29, 1.82) is 0 Å². The van der Waals surface area contributed by atoms with Crippen molar-refractivity contribution in [3.63, 3.8) is 0 Å². The predicted octanol–water partition coefficient (Wildman–Crippen LogP) is 3.18. The second-order valence-corrected chi connectivity index (χ2v) is 3.73. The Labute approximate surface area is 111 Å². The highest BCUT2D eigenvalue weighted by molar-refractivity contribution is 4.53. The quantitative estimate of drug-likeness (QED) is 0.640. The monoisotopic (exact) mass is 247 g/mol. The SMILES string of the molecule is CC.CC.CCCN(CC)N(C)CCN(C)C. The molecule has 0 saturated heterocycles. The molecule has 0 aliphatic heterocycles. The molecule has 0 rings (SSSR count). The fourth-order valence-corrected chi connectivity index (χ4v) is 1.31. The summed E-state index contributed by atoms with van der Waals surface area (Å²) >= 11 is 0. The first kappa shape index (κ1) is 22.1. The average molecular weight is 247 g/mol. The van der Waals surface area contributed by atoms with E-state index in [4.69, 9.17) is 0 Å². The van der Waals surface area contributed by atoms with Crippen LogP contribution in [0.3, 0.4) is 0 Å². The topological polar surface area (TPSA) is 9.72 Å². The Kier molecular flexibility index (Phi) is 23.7. The van der Waals surface area contributed by atoms with Crippen LogP contribution in [-0.2, 0) is 0 Å². The normalized spacial score (nSPS) is 9.88. The molecule has 0 aromatic heterocycles. The highest BCUT2D eigenvalue weighted by atomic mass is 15.6. The predicted molar refractivity (Wildman–Crippen MR) is 81.4 cm³/mol. The second-order valence-electron chi connectivity index (χ2n) is 3.73. The highest BCUT2D eigenvalue weighted by Crippen LogP contribution is 1.96. The van der Waals surface area contributed by atoms with Crippen LogP contribution in [0.1, 0.15) is 48.0 Å². The van der Waals surface area contributed by atoms with Gasteiger partial charge < -0.3 is 4.90 Å². The van der Waals surface area contributed by atoms with Gasteiger partial charge in [-0.05, 0) is 20.5 Å². The highest BCUT2D eigenvalue weighted by Gasteiger charge is 2.07. The lowest BCUT2D eigenvalue weighted by Gasteiger charge is -2.31. The average Bonchev–Trinajstić information content (AvgIpc) is 2.37. The molecule has 0 aromatic rings. The lowest BCUT2D eigenvalue weighted by atomic mass is 10.4. The smallest absolute Gasteiger partial charge is 0.0257 e. The van der Waals surface area contributed by atoms with Crippen molar-refractivity contribution < 1.29 is 0 Å². The molecule has 0 aliphatic rings. The van der Waals surface area contributed by atoms with Gasteiger partial charge in [0.1, 0.15) is 0 Å². The number of likely N-dealkylation sites (N-methyl/N-ethyl adjacent to an activating group) is 2. The van der Waals surface area contributed by atoms with Gasteiger partial charge in [0.2, 0.25) is 0 Å². The number of nitrogens with zero attached hydrogens (tertiary/aromatic N) is 3. The van der Waals surface area contributed by atoms with Gasteiger partial charge in [0.05, 0.1) is 0 Å². The summed E-state index contributed by atoms with van der Waals surface area (Å²) in [7, 11) is 6.40. The molecule has 0 bridgehead atoms. The van der Waals surface area contributed by atoms with Gasteiger partial charge in [-0.15, -0.1) is 0 Å². The minimum atomic E-state index is 1.11. The Morgan fingerprint density at radius 1 is 0.706 bits per heavy atom. The summed E-state index contributed by atoms with van der Waals surface area (Å²) in [5, 5.41) is 4.72. The second kappa shape index (κ2) is 18.3. The van der Waals surface area contributed by atoms with Crippen LogP contribution in [0.15, 0.2) is 0 Å². The molecule has 17 heavy (non-hydrogen) atoms. The Bertz CT molecular complexity index is 116. The number of rotatable bonds is 7. The summed E-state index contributed by atoms with van der Waals surface area (Å²) in [5.74, 6) is 0. The zero-order valence-electron chi connectivity index (χ0n) is 13.9. The molecule has 0 aromatic carbocycles. The third-order valence-electron chi connectivity index (χ3n) is 2.20. The molecule has 108 valence electrons. The van der Waals surface area contributed by atoms with E-state index in [1.54, 1.807) is 0 Å². The molecule has 0 saturated carbocycles. The maximum Gasteiger partial charge on any atom is 0.0257 e. The molecule has 3 heteroatoms. The van der Waals surface area contributed by atoms with E-state index in [0.29, 0.717) is 0 Å². The van der Waals surface area contributed by atoms with Crippen LogP contribution in [0, 0.1) is 0 Å². The van der Waals surface area contributed by atoms with E-state index in [1.807, 2.05) is 27.7 Å². The van der Waals surface area contributed by atoms with Gasteiger partial charge in [0.15, 0.2) is 0 Å². The number of hydrazine groups is 1. The minimum Gasteiger partial charge on any atom is -0.308 e. The molecule has 0 N–H and O–H groups in total. The summed E-state index contributed by atoms with van der Waals surface area (Å²) in [6.07, 6.45) is 1.22. The van der Waals surface area contributed by atoms with Crippen LogP contribution >= 0.6 is 0 Å². The first-order valence-electron chi connectivity index (χ1n) is 7.22. The molecule has 0 heterocycles. The lowest BCUT2D eigenvalue weighted by Crippen LogP contribution is -2.43. The van der Waals surface area contributed by atoms with Gasteiger partial charge in [-0.25, -0.2) is 10.0 Å². The number of hydrogen-bond donors (Lipinski definition) is 0. The Hall–Kier alpha value is -0.120. The van der Waals surface area contributed by atoms with Crippen molar-refractivity contribution in [2.75, 3.05) is 47.3 Å². The van der Waals surface area contributed by atoms with Crippen LogP contribution < -0.4 is 0 Å². The van der Waals surface area contributed by atoms with E-state index in [0.717, 1.165) is 19.6 Å². The summed E-state index contributed by atoms with van der Waals surface area (Å²) in [5.41, 5.74) is 0. The van der Waals surface area contributed by atoms with Crippen LogP contribution in [-0.4, -0.2) is 62.2 Å². The maximum absolute atomic E-state index is 2.39. The molecular weight excluding hydrogens is 210 g/mol. The fraction of sp³-hybridized carbons (Fsp3) is 1.00. The third-order valence-corrected chi connectivity index (χ3v) is 2.20. The lowest BCUT2D eigenvalue weighted by molar-refractivity contribution is 0.000575. The van der Waals surface area contributed by atoms with Gasteiger partial charge in [-0.1, -0.05) is 41.5 Å². The van der Waals surface area contributed by atoms with Crippen LogP contribution in [0.4, 0.5) is 0 Å². The van der Waals surface area contributed by atoms with E-state index in [-0.39, 0.29) is 0 Å². The summed E-state index contributed by atoms with van der Waals surface area (Å²) in [6.45, 7) is 16.9. The zero-order chi connectivity index (χ0) is 14.3. The van der Waals surface area contributed by atoms with E-state index in [2.05, 4.69) is 49.9 Å². The maximum atomic E-state index is 2.39. The van der Waals surface area contributed by atoms with Crippen LogP contribution in [0.2, 0.25) is 0 Å². The van der Waals surface area contributed by atoms with Crippen molar-refractivity contribution in [3.8, 4) is 0 Å². The van der Waals surface area contributed by atoms with Crippen molar-refractivity contribution in [2.45, 2.75) is 48.0 Å². The fourth-order valence-electron chi connectivity index (χ4n) is 1.31. The molecule has 0 fully saturated rings. The first-order valence-corrected chi connectivity index (χ1v) is 7.22. The van der Waals surface area contributed by atoms with Crippen LogP contribution in [0.25, 0.3) is 0 Å². The number of hydrogen-bond acceptors (Lipinski definition) is 3. The Morgan fingerprint density at radius 2 is 1.18 bits per heavy atom. The standard InChI is InChI=1S/C10H25N3.2C2H6/c1-6-8-13(7-2)12(5)10-9-11(3)4;2*1-2/h6-10H2,1-5H3;2*1-2H3. The Morgan fingerprint density at radius 3 is 1.47 bits per heavy atom. The molecule has 0 radical (unpaired) electrons. The molecule has 3 nitrogen and oxygen atoms in total. The van der Waals surface area contributed by atoms with Crippen molar-refractivity contribution >= 4 is 0 Å². The van der Waals surface area contributed by atoms with E-state index in [9.17, 15) is 0 Å². The van der Waals surface area contributed by atoms with Gasteiger partial charge in [-0.3, -0.25) is 0 Å². The molecular formula is C14H37N3. The van der Waals surface area contributed by atoms with E-state index < -0.39 is 0 Å². The van der Waals surface area contributed by atoms with Crippen molar-refractivity contribution in [2.24, 2.45) is 0 Å². The summed E-state index contributed by atoms with van der Waals surface area (Å²) in [4.78, 5) is 2.22. The van der Waals surface area contributed by atoms with Gasteiger partial charge in [0.25, 0.3) is 0 Å². The van der Waals surface area contributed by atoms with Crippen molar-refractivity contribution in [3.05, 3.63) is 0 Å². The molecule has 0 aliphatic carbocycles. The summed E-state index contributed by atoms with van der Waals surface area (Å²) < 4.78 is 0.